The second-order valence-electron chi connectivity index (χ2n) is 7.57. The van der Waals surface area contributed by atoms with Gasteiger partial charge in [0.25, 0.3) is 11.8 Å². The molecule has 0 unspecified atom stereocenters. The van der Waals surface area contributed by atoms with Gasteiger partial charge in [-0.3, -0.25) is 14.4 Å². The van der Waals surface area contributed by atoms with Crippen molar-refractivity contribution in [2.75, 3.05) is 13.2 Å². The number of carbonyl (C=O) groups excluding carboxylic acids is 3. The summed E-state index contributed by atoms with van der Waals surface area (Å²) in [5.74, 6) is -5.19. The van der Waals surface area contributed by atoms with Gasteiger partial charge < -0.3 is 19.9 Å². The van der Waals surface area contributed by atoms with E-state index in [0.29, 0.717) is 12.2 Å². The van der Waals surface area contributed by atoms with E-state index in [1.54, 1.807) is 24.3 Å². The third-order valence-electron chi connectivity index (χ3n) is 5.02. The highest BCUT2D eigenvalue weighted by Gasteiger charge is 2.43. The van der Waals surface area contributed by atoms with Gasteiger partial charge in [0, 0.05) is 26.6 Å². The molecule has 9 heteroatoms. The summed E-state index contributed by atoms with van der Waals surface area (Å²) in [5, 5.41) is 5.07. The fraction of sp³-hybridized carbons (Fsp3) is 0.409. The highest BCUT2D eigenvalue weighted by molar-refractivity contribution is 5.93. The lowest BCUT2D eigenvalue weighted by atomic mass is 10.1. The van der Waals surface area contributed by atoms with Crippen molar-refractivity contribution in [1.29, 1.82) is 0 Å². The lowest BCUT2D eigenvalue weighted by molar-refractivity contribution is -0.147. The monoisotopic (exact) mass is 433 g/mol. The summed E-state index contributed by atoms with van der Waals surface area (Å²) < 4.78 is 35.5. The number of nitrogens with zero attached hydrogens (tertiary/aromatic N) is 1. The van der Waals surface area contributed by atoms with E-state index in [0.717, 1.165) is 29.0 Å². The summed E-state index contributed by atoms with van der Waals surface area (Å²) in [6.45, 7) is 1.23. The van der Waals surface area contributed by atoms with Gasteiger partial charge in [0.2, 0.25) is 0 Å². The average molecular weight is 433 g/mol. The molecule has 3 rings (SSSR count). The number of alkyl halides is 2. The molecular formula is C22H25F2N3O4. The van der Waals surface area contributed by atoms with E-state index >= 15 is 0 Å². The number of carbonyl (C=O) groups is 3. The molecule has 1 saturated carbocycles. The summed E-state index contributed by atoms with van der Waals surface area (Å²) in [4.78, 5) is 35.1. The number of amides is 2. The number of aromatic nitrogens is 1. The average Bonchev–Trinajstić information content (AvgIpc) is 3.44. The third kappa shape index (κ3) is 5.68. The first-order valence-electron chi connectivity index (χ1n) is 10.0. The van der Waals surface area contributed by atoms with Crippen LogP contribution in [0.1, 0.15) is 41.5 Å². The molecule has 0 atom stereocenters. The lowest BCUT2D eigenvalue weighted by Crippen LogP contribution is -2.40. The van der Waals surface area contributed by atoms with Gasteiger partial charge in [0.1, 0.15) is 5.75 Å². The van der Waals surface area contributed by atoms with E-state index < -0.39 is 17.5 Å². The smallest absolute Gasteiger partial charge is 0.364 e. The van der Waals surface area contributed by atoms with Crippen molar-refractivity contribution < 1.29 is 27.9 Å². The van der Waals surface area contributed by atoms with Crippen LogP contribution in [0.15, 0.2) is 36.4 Å². The maximum absolute atomic E-state index is 14.5. The Labute approximate surface area is 178 Å². The van der Waals surface area contributed by atoms with Gasteiger partial charge in [0.15, 0.2) is 12.4 Å². The second-order valence-corrected chi connectivity index (χ2v) is 7.57. The number of hydrogen-bond acceptors (Lipinski definition) is 4. The van der Waals surface area contributed by atoms with Crippen molar-refractivity contribution in [3.8, 4) is 5.75 Å². The molecule has 2 aromatic rings. The maximum Gasteiger partial charge on any atom is 0.364 e. The fourth-order valence-corrected chi connectivity index (χ4v) is 3.13. The van der Waals surface area contributed by atoms with Gasteiger partial charge in [0.05, 0.1) is 11.4 Å². The summed E-state index contributed by atoms with van der Waals surface area (Å²) >= 11 is 0. The van der Waals surface area contributed by atoms with Gasteiger partial charge in [-0.25, -0.2) is 0 Å². The van der Waals surface area contributed by atoms with Crippen molar-refractivity contribution in [2.24, 2.45) is 7.05 Å². The Morgan fingerprint density at radius 2 is 1.81 bits per heavy atom. The molecule has 2 amide bonds. The Kier molecular flexibility index (Phi) is 6.72. The zero-order chi connectivity index (χ0) is 22.6. The highest BCUT2D eigenvalue weighted by atomic mass is 19.3. The molecule has 0 saturated heterocycles. The number of rotatable bonds is 10. The van der Waals surface area contributed by atoms with Crippen LogP contribution in [0.25, 0.3) is 0 Å². The van der Waals surface area contributed by atoms with E-state index in [1.165, 1.54) is 20.0 Å². The number of nitrogens with one attached hydrogen (secondary N) is 2. The summed E-state index contributed by atoms with van der Waals surface area (Å²) in [5.41, 5.74) is 0.383. The molecule has 7 nitrogen and oxygen atoms in total. The van der Waals surface area contributed by atoms with Gasteiger partial charge in [-0.1, -0.05) is 12.1 Å². The number of ether oxygens (including phenoxy) is 1. The number of halogens is 2. The Bertz CT molecular complexity index is 966. The Morgan fingerprint density at radius 1 is 1.13 bits per heavy atom. The van der Waals surface area contributed by atoms with Crippen LogP contribution >= 0.6 is 0 Å². The van der Waals surface area contributed by atoms with Gasteiger partial charge in [-0.15, -0.1) is 0 Å². The first-order chi connectivity index (χ1) is 14.7. The lowest BCUT2D eigenvalue weighted by Gasteiger charge is -2.17. The van der Waals surface area contributed by atoms with Crippen LogP contribution in [0, 0.1) is 0 Å². The molecule has 1 aliphatic rings. The molecule has 1 fully saturated rings. The topological polar surface area (TPSA) is 89.4 Å². The first-order valence-corrected chi connectivity index (χ1v) is 10.0. The predicted molar refractivity (Wildman–Crippen MR) is 109 cm³/mol. The molecule has 166 valence electrons. The molecule has 1 aromatic carbocycles. The minimum atomic E-state index is -3.76. The Hall–Kier alpha value is -3.23. The molecule has 0 spiro atoms. The van der Waals surface area contributed by atoms with Crippen LogP contribution in [0.4, 0.5) is 8.78 Å². The molecule has 31 heavy (non-hydrogen) atoms. The zero-order valence-corrected chi connectivity index (χ0v) is 17.4. The van der Waals surface area contributed by atoms with E-state index in [9.17, 15) is 23.2 Å². The van der Waals surface area contributed by atoms with Crippen molar-refractivity contribution in [2.45, 2.75) is 38.2 Å². The second kappa shape index (κ2) is 9.28. The summed E-state index contributed by atoms with van der Waals surface area (Å²) in [7, 11) is 1.33. The van der Waals surface area contributed by atoms with Crippen molar-refractivity contribution >= 4 is 17.6 Å². The van der Waals surface area contributed by atoms with Crippen LogP contribution in [0.5, 0.6) is 5.75 Å². The van der Waals surface area contributed by atoms with Crippen LogP contribution in [0.2, 0.25) is 0 Å². The minimum Gasteiger partial charge on any atom is -0.484 e. The summed E-state index contributed by atoms with van der Waals surface area (Å²) in [6, 6.07) is 9.49. The van der Waals surface area contributed by atoms with Gasteiger partial charge in [-0.2, -0.15) is 8.78 Å². The van der Waals surface area contributed by atoms with Crippen molar-refractivity contribution in [1.82, 2.24) is 15.2 Å². The third-order valence-corrected chi connectivity index (χ3v) is 5.02. The van der Waals surface area contributed by atoms with Gasteiger partial charge in [-0.05, 0) is 49.1 Å². The minimum absolute atomic E-state index is 0.0163. The largest absolute Gasteiger partial charge is 0.484 e. The number of benzene rings is 1. The van der Waals surface area contributed by atoms with E-state index in [1.807, 2.05) is 0 Å². The van der Waals surface area contributed by atoms with E-state index in [-0.39, 0.29) is 36.6 Å². The number of Topliss-reactive ketones (excluding diaryl/α,β-unsaturated/α-hetero) is 1. The van der Waals surface area contributed by atoms with Crippen LogP contribution in [-0.2, 0) is 29.0 Å². The zero-order valence-electron chi connectivity index (χ0n) is 17.4. The number of ketones is 1. The molecule has 1 aliphatic carbocycles. The Morgan fingerprint density at radius 3 is 2.39 bits per heavy atom. The first kappa shape index (κ1) is 22.5. The highest BCUT2D eigenvalue weighted by Crippen LogP contribution is 2.29. The standard InChI is InChI=1S/C22H25F2N3O4/c1-14(28)18-9-10-19(27(18)2)22(23,24)21(30)25-12-11-15-3-7-17(8-4-15)31-13-20(29)26-16-5-6-16/h3-4,7-10,16H,5-6,11-13H2,1-2H3,(H,25,30)(H,26,29). The molecule has 0 aliphatic heterocycles. The van der Waals surface area contributed by atoms with Crippen LogP contribution in [0.3, 0.4) is 0 Å². The Balaban J connectivity index is 1.47. The quantitative estimate of drug-likeness (QED) is 0.563. The maximum atomic E-state index is 14.5. The van der Waals surface area contributed by atoms with E-state index in [2.05, 4.69) is 10.6 Å². The molecule has 1 heterocycles. The van der Waals surface area contributed by atoms with Crippen molar-refractivity contribution in [3.05, 3.63) is 53.3 Å². The normalized spacial score (nSPS) is 13.5. The number of hydrogen-bond donors (Lipinski definition) is 2. The fourth-order valence-electron chi connectivity index (χ4n) is 3.13. The molecule has 0 radical (unpaired) electrons. The molecule has 2 N–H and O–H groups in total. The molecule has 0 bridgehead atoms. The van der Waals surface area contributed by atoms with Crippen molar-refractivity contribution in [3.63, 3.8) is 0 Å². The van der Waals surface area contributed by atoms with E-state index in [4.69, 9.17) is 4.74 Å². The summed E-state index contributed by atoms with van der Waals surface area (Å²) in [6.07, 6.45) is 2.36. The van der Waals surface area contributed by atoms with Crippen LogP contribution < -0.4 is 15.4 Å². The molecule has 1 aromatic heterocycles. The van der Waals surface area contributed by atoms with Crippen LogP contribution in [-0.4, -0.2) is 41.4 Å². The predicted octanol–water partition coefficient (Wildman–Crippen LogP) is 2.34. The SMILES string of the molecule is CC(=O)c1ccc(C(F)(F)C(=O)NCCc2ccc(OCC(=O)NC3CC3)cc2)n1C. The van der Waals surface area contributed by atoms with Gasteiger partial charge >= 0.3 is 5.92 Å². The molecular weight excluding hydrogens is 408 g/mol.